The third-order valence-electron chi connectivity index (χ3n) is 3.86. The first-order valence-corrected chi connectivity index (χ1v) is 7.23. The van der Waals surface area contributed by atoms with Gasteiger partial charge in [0.15, 0.2) is 0 Å². The van der Waals surface area contributed by atoms with Crippen LogP contribution < -0.4 is 5.32 Å². The Morgan fingerprint density at radius 1 is 1.15 bits per heavy atom. The van der Waals surface area contributed by atoms with Gasteiger partial charge >= 0.3 is 0 Å². The van der Waals surface area contributed by atoms with Gasteiger partial charge in [0.2, 0.25) is 0 Å². The fourth-order valence-electron chi connectivity index (χ4n) is 2.75. The second kappa shape index (κ2) is 5.90. The number of nitrogens with one attached hydrogen (secondary N) is 1. The quantitative estimate of drug-likeness (QED) is 0.924. The molecule has 1 heterocycles. The van der Waals surface area contributed by atoms with Crippen molar-refractivity contribution in [1.82, 2.24) is 9.55 Å². The molecule has 1 aromatic heterocycles. The summed E-state index contributed by atoms with van der Waals surface area (Å²) in [4.78, 5) is 16.4. The highest BCUT2D eigenvalue weighted by molar-refractivity contribution is 6.02. The van der Waals surface area contributed by atoms with Crippen molar-refractivity contribution in [2.24, 2.45) is 0 Å². The molecule has 0 spiro atoms. The van der Waals surface area contributed by atoms with E-state index in [1.807, 2.05) is 36.5 Å². The minimum atomic E-state index is -0.147. The summed E-state index contributed by atoms with van der Waals surface area (Å²) in [6, 6.07) is 9.97. The fourth-order valence-corrected chi connectivity index (χ4v) is 2.75. The summed E-state index contributed by atoms with van der Waals surface area (Å²) in [5.41, 5.74) is 1.28. The summed E-state index contributed by atoms with van der Waals surface area (Å²) in [7, 11) is 0. The Balaban J connectivity index is 1.68. The largest absolute Gasteiger partial charge is 0.334 e. The Morgan fingerprint density at radius 2 is 1.90 bits per heavy atom. The van der Waals surface area contributed by atoms with Crippen molar-refractivity contribution < 1.29 is 4.79 Å². The van der Waals surface area contributed by atoms with E-state index < -0.39 is 0 Å². The van der Waals surface area contributed by atoms with Gasteiger partial charge in [-0.2, -0.15) is 0 Å². The van der Waals surface area contributed by atoms with Gasteiger partial charge < -0.3 is 9.88 Å². The molecule has 0 radical (unpaired) electrons. The van der Waals surface area contributed by atoms with Crippen LogP contribution >= 0.6 is 0 Å². The van der Waals surface area contributed by atoms with Crippen LogP contribution in [0.4, 0.5) is 5.69 Å². The van der Waals surface area contributed by atoms with E-state index in [0.29, 0.717) is 11.7 Å². The normalized spacial score (nSPS) is 16.0. The number of imidazole rings is 1. The molecule has 20 heavy (non-hydrogen) atoms. The summed E-state index contributed by atoms with van der Waals surface area (Å²) in [6.07, 6.45) is 9.91. The molecule has 1 fully saturated rings. The third-order valence-corrected chi connectivity index (χ3v) is 3.86. The molecule has 0 saturated heterocycles. The molecule has 2 aromatic rings. The van der Waals surface area contributed by atoms with E-state index in [9.17, 15) is 4.79 Å². The first-order chi connectivity index (χ1) is 9.83. The highest BCUT2D eigenvalue weighted by Gasteiger charge is 2.17. The number of nitrogens with zero attached hydrogens (tertiary/aromatic N) is 2. The van der Waals surface area contributed by atoms with Gasteiger partial charge in [-0.3, -0.25) is 4.79 Å². The molecule has 0 unspecified atom stereocenters. The fraction of sp³-hybridized carbons (Fsp3) is 0.375. The van der Waals surface area contributed by atoms with Crippen molar-refractivity contribution in [2.45, 2.75) is 38.1 Å². The molecule has 4 nitrogen and oxygen atoms in total. The highest BCUT2D eigenvalue weighted by Crippen LogP contribution is 2.27. The molecule has 1 aliphatic carbocycles. The first kappa shape index (κ1) is 12.9. The zero-order chi connectivity index (χ0) is 13.8. The van der Waals surface area contributed by atoms with Crippen molar-refractivity contribution in [3.05, 3.63) is 48.5 Å². The Morgan fingerprint density at radius 3 is 2.65 bits per heavy atom. The summed E-state index contributed by atoms with van der Waals surface area (Å²) in [5.74, 6) is -0.147. The second-order valence-corrected chi connectivity index (χ2v) is 5.32. The van der Waals surface area contributed by atoms with Crippen LogP contribution in [0.2, 0.25) is 0 Å². The van der Waals surface area contributed by atoms with Gasteiger partial charge in [-0.25, -0.2) is 4.98 Å². The number of para-hydroxylation sites is 1. The minimum absolute atomic E-state index is 0.147. The number of hydrogen-bond acceptors (Lipinski definition) is 2. The maximum Gasteiger partial charge on any atom is 0.275 e. The van der Waals surface area contributed by atoms with Crippen LogP contribution in [0.3, 0.4) is 0 Å². The van der Waals surface area contributed by atoms with Crippen LogP contribution in [0.25, 0.3) is 0 Å². The molecule has 3 rings (SSSR count). The SMILES string of the molecule is O=C(Nc1ccccc1)c1cn(C2CCCCC2)cn1. The van der Waals surface area contributed by atoms with Gasteiger partial charge in [0.25, 0.3) is 5.91 Å². The van der Waals surface area contributed by atoms with Crippen LogP contribution in [0.1, 0.15) is 48.6 Å². The lowest BCUT2D eigenvalue weighted by Gasteiger charge is -2.22. The minimum Gasteiger partial charge on any atom is -0.334 e. The molecule has 0 atom stereocenters. The van der Waals surface area contributed by atoms with E-state index in [2.05, 4.69) is 14.9 Å². The molecule has 0 bridgehead atoms. The van der Waals surface area contributed by atoms with E-state index >= 15 is 0 Å². The van der Waals surface area contributed by atoms with E-state index in [1.165, 1.54) is 32.1 Å². The van der Waals surface area contributed by atoms with E-state index in [-0.39, 0.29) is 5.91 Å². The lowest BCUT2D eigenvalue weighted by molar-refractivity contribution is 0.102. The van der Waals surface area contributed by atoms with E-state index in [4.69, 9.17) is 0 Å². The van der Waals surface area contributed by atoms with Gasteiger partial charge in [-0.15, -0.1) is 0 Å². The van der Waals surface area contributed by atoms with E-state index in [0.717, 1.165) is 5.69 Å². The molecule has 1 amide bonds. The van der Waals surface area contributed by atoms with Crippen LogP contribution in [-0.4, -0.2) is 15.5 Å². The molecular formula is C16H19N3O. The van der Waals surface area contributed by atoms with Crippen molar-refractivity contribution in [2.75, 3.05) is 5.32 Å². The van der Waals surface area contributed by atoms with Gasteiger partial charge in [-0.1, -0.05) is 37.5 Å². The number of benzene rings is 1. The summed E-state index contributed by atoms with van der Waals surface area (Å²) in [5, 5.41) is 2.86. The highest BCUT2D eigenvalue weighted by atomic mass is 16.1. The second-order valence-electron chi connectivity index (χ2n) is 5.32. The van der Waals surface area contributed by atoms with Crippen molar-refractivity contribution in [3.8, 4) is 0 Å². The topological polar surface area (TPSA) is 46.9 Å². The van der Waals surface area contributed by atoms with Crippen molar-refractivity contribution in [1.29, 1.82) is 0 Å². The number of amides is 1. The molecule has 1 aliphatic rings. The van der Waals surface area contributed by atoms with Crippen molar-refractivity contribution in [3.63, 3.8) is 0 Å². The standard InChI is InChI=1S/C16H19N3O/c20-16(18-13-7-3-1-4-8-13)15-11-19(12-17-15)14-9-5-2-6-10-14/h1,3-4,7-8,11-12,14H,2,5-6,9-10H2,(H,18,20). The predicted octanol–water partition coefficient (Wildman–Crippen LogP) is 3.64. The Kier molecular flexibility index (Phi) is 3.81. The number of aromatic nitrogens is 2. The Labute approximate surface area is 118 Å². The zero-order valence-corrected chi connectivity index (χ0v) is 11.5. The predicted molar refractivity (Wildman–Crippen MR) is 78.7 cm³/mol. The first-order valence-electron chi connectivity index (χ1n) is 7.23. The molecule has 104 valence electrons. The van der Waals surface area contributed by atoms with Crippen LogP contribution in [0.5, 0.6) is 0 Å². The Hall–Kier alpha value is -2.10. The summed E-state index contributed by atoms with van der Waals surface area (Å²) >= 11 is 0. The summed E-state index contributed by atoms with van der Waals surface area (Å²) in [6.45, 7) is 0. The third kappa shape index (κ3) is 2.90. The van der Waals surface area contributed by atoms with Crippen LogP contribution in [0, 0.1) is 0 Å². The summed E-state index contributed by atoms with van der Waals surface area (Å²) < 4.78 is 2.10. The number of hydrogen-bond donors (Lipinski definition) is 1. The molecule has 1 aromatic carbocycles. The van der Waals surface area contributed by atoms with Gasteiger partial charge in [0.05, 0.1) is 6.33 Å². The van der Waals surface area contributed by atoms with Gasteiger partial charge in [0.1, 0.15) is 5.69 Å². The molecule has 1 saturated carbocycles. The number of anilines is 1. The van der Waals surface area contributed by atoms with Gasteiger partial charge in [-0.05, 0) is 25.0 Å². The monoisotopic (exact) mass is 269 g/mol. The van der Waals surface area contributed by atoms with Gasteiger partial charge in [0, 0.05) is 17.9 Å². The van der Waals surface area contributed by atoms with Crippen LogP contribution in [-0.2, 0) is 0 Å². The van der Waals surface area contributed by atoms with Crippen LogP contribution in [0.15, 0.2) is 42.9 Å². The number of carbonyl (C=O) groups excluding carboxylic acids is 1. The Bertz CT molecular complexity index is 570. The smallest absolute Gasteiger partial charge is 0.275 e. The molecule has 4 heteroatoms. The number of carbonyl (C=O) groups is 1. The zero-order valence-electron chi connectivity index (χ0n) is 11.5. The maximum atomic E-state index is 12.1. The lowest BCUT2D eigenvalue weighted by Crippen LogP contribution is -2.13. The molecular weight excluding hydrogens is 250 g/mol. The molecule has 0 aliphatic heterocycles. The number of rotatable bonds is 3. The van der Waals surface area contributed by atoms with E-state index in [1.54, 1.807) is 6.33 Å². The molecule has 1 N–H and O–H groups in total. The lowest BCUT2D eigenvalue weighted by atomic mass is 9.95. The van der Waals surface area contributed by atoms with Crippen molar-refractivity contribution >= 4 is 11.6 Å². The average Bonchev–Trinajstić information content (AvgIpc) is 2.99. The average molecular weight is 269 g/mol. The maximum absolute atomic E-state index is 12.1.